The van der Waals surface area contributed by atoms with E-state index in [0.717, 1.165) is 54.7 Å². The number of anilines is 3. The molecule has 3 heterocycles. The van der Waals surface area contributed by atoms with Gasteiger partial charge in [0.25, 0.3) is 6.47 Å². The van der Waals surface area contributed by atoms with Crippen molar-refractivity contribution in [2.75, 3.05) is 36.9 Å². The van der Waals surface area contributed by atoms with Gasteiger partial charge < -0.3 is 30.2 Å². The first-order chi connectivity index (χ1) is 18.7. The number of nitrogens with zero attached hydrogens (tertiary/aromatic N) is 2. The van der Waals surface area contributed by atoms with Crippen molar-refractivity contribution in [1.82, 2.24) is 15.3 Å². The molecule has 0 unspecified atom stereocenters. The molecular formula is C28H35ClFN5O4. The van der Waals surface area contributed by atoms with Gasteiger partial charge in [-0.15, -0.1) is 0 Å². The first kappa shape index (κ1) is 28.8. The standard InChI is InChI=1S/C23H25ClFN5O2.C5H10O2/c24-18-9-15(1-2-19(18)25)30-23-17-10-21(29-14-3-6-26-7-4-14)22(11-20(17)27-13-28-23)32-16-5-8-31-12-16;1-5(2,3)7-4-6/h1-2,9-11,13-14,16,26,29H,3-8,12H2,(H,27,28,30);4H,1-3H3/t16-;/m0./s1. The molecule has 0 aliphatic carbocycles. The monoisotopic (exact) mass is 559 g/mol. The number of ether oxygens (including phenoxy) is 3. The second-order valence-electron chi connectivity index (χ2n) is 10.4. The lowest BCUT2D eigenvalue weighted by Gasteiger charge is -2.26. The highest BCUT2D eigenvalue weighted by Gasteiger charge is 2.22. The number of carbonyl (C=O) groups is 1. The van der Waals surface area contributed by atoms with Crippen molar-refractivity contribution in [3.63, 3.8) is 0 Å². The van der Waals surface area contributed by atoms with E-state index >= 15 is 0 Å². The van der Waals surface area contributed by atoms with Gasteiger partial charge >= 0.3 is 0 Å². The van der Waals surface area contributed by atoms with E-state index in [2.05, 4.69) is 30.7 Å². The Kier molecular flexibility index (Phi) is 9.77. The summed E-state index contributed by atoms with van der Waals surface area (Å²) in [6.07, 6.45) is 4.47. The minimum Gasteiger partial charge on any atom is -0.486 e. The molecule has 0 spiro atoms. The Morgan fingerprint density at radius 3 is 2.59 bits per heavy atom. The quantitative estimate of drug-likeness (QED) is 0.325. The number of aromatic nitrogens is 2. The lowest BCUT2D eigenvalue weighted by Crippen LogP contribution is -2.35. The first-order valence-electron chi connectivity index (χ1n) is 13.1. The van der Waals surface area contributed by atoms with Crippen LogP contribution in [0.5, 0.6) is 5.75 Å². The Hall–Kier alpha value is -3.21. The van der Waals surface area contributed by atoms with Gasteiger partial charge in [0, 0.05) is 29.6 Å². The third-order valence-electron chi connectivity index (χ3n) is 6.20. The highest BCUT2D eigenvalue weighted by molar-refractivity contribution is 6.31. The van der Waals surface area contributed by atoms with Gasteiger partial charge in [-0.1, -0.05) is 11.6 Å². The van der Waals surface area contributed by atoms with E-state index in [1.54, 1.807) is 6.07 Å². The number of hydrogen-bond donors (Lipinski definition) is 3. The number of fused-ring (bicyclic) bond motifs is 1. The minimum atomic E-state index is -0.462. The molecule has 2 aromatic carbocycles. The van der Waals surface area contributed by atoms with Gasteiger partial charge in [-0.05, 0) is 71.0 Å². The smallest absolute Gasteiger partial charge is 0.293 e. The van der Waals surface area contributed by atoms with Gasteiger partial charge in [-0.25, -0.2) is 14.4 Å². The van der Waals surface area contributed by atoms with Crippen molar-refractivity contribution >= 4 is 46.2 Å². The summed E-state index contributed by atoms with van der Waals surface area (Å²) in [7, 11) is 0. The molecule has 0 bridgehead atoms. The van der Waals surface area contributed by atoms with Crippen LogP contribution in [0.25, 0.3) is 10.9 Å². The summed E-state index contributed by atoms with van der Waals surface area (Å²) >= 11 is 5.94. The summed E-state index contributed by atoms with van der Waals surface area (Å²) in [4.78, 5) is 18.5. The lowest BCUT2D eigenvalue weighted by atomic mass is 10.1. The number of hydrogen-bond acceptors (Lipinski definition) is 9. The van der Waals surface area contributed by atoms with Gasteiger partial charge in [-0.2, -0.15) is 0 Å². The molecule has 2 aliphatic rings. The molecule has 9 nitrogen and oxygen atoms in total. The molecule has 11 heteroatoms. The van der Waals surface area contributed by atoms with E-state index in [0.29, 0.717) is 37.2 Å². The summed E-state index contributed by atoms with van der Waals surface area (Å²) in [5.41, 5.74) is 1.99. The number of piperidine rings is 1. The average Bonchev–Trinajstić information content (AvgIpc) is 3.40. The van der Waals surface area contributed by atoms with Gasteiger partial charge in [0.05, 0.1) is 29.4 Å². The summed E-state index contributed by atoms with van der Waals surface area (Å²) in [6, 6.07) is 8.82. The van der Waals surface area contributed by atoms with Gasteiger partial charge in [-0.3, -0.25) is 4.79 Å². The second kappa shape index (κ2) is 13.2. The fraction of sp³-hybridized carbons (Fsp3) is 0.464. The van der Waals surface area contributed by atoms with E-state index in [4.69, 9.17) is 21.1 Å². The molecule has 2 saturated heterocycles. The molecule has 3 aromatic rings. The number of rotatable bonds is 7. The normalized spacial score (nSPS) is 17.7. The van der Waals surface area contributed by atoms with Crippen molar-refractivity contribution in [3.8, 4) is 5.75 Å². The molecule has 39 heavy (non-hydrogen) atoms. The van der Waals surface area contributed by atoms with E-state index in [9.17, 15) is 9.18 Å². The maximum absolute atomic E-state index is 13.6. The predicted molar refractivity (Wildman–Crippen MR) is 150 cm³/mol. The maximum atomic E-state index is 13.6. The molecule has 0 radical (unpaired) electrons. The molecule has 1 atom stereocenters. The van der Waals surface area contributed by atoms with E-state index < -0.39 is 5.82 Å². The molecule has 2 fully saturated rings. The maximum Gasteiger partial charge on any atom is 0.293 e. The van der Waals surface area contributed by atoms with Crippen LogP contribution in [0.1, 0.15) is 40.0 Å². The van der Waals surface area contributed by atoms with Crippen LogP contribution in [0.3, 0.4) is 0 Å². The summed E-state index contributed by atoms with van der Waals surface area (Å²) in [5, 5.41) is 11.2. The Morgan fingerprint density at radius 1 is 1.15 bits per heavy atom. The van der Waals surface area contributed by atoms with Gasteiger partial charge in [0.2, 0.25) is 0 Å². The third-order valence-corrected chi connectivity index (χ3v) is 6.49. The van der Waals surface area contributed by atoms with Crippen LogP contribution in [0.15, 0.2) is 36.7 Å². The fourth-order valence-corrected chi connectivity index (χ4v) is 4.40. The minimum absolute atomic E-state index is 0.0295. The highest BCUT2D eigenvalue weighted by atomic mass is 35.5. The van der Waals surface area contributed by atoms with Crippen molar-refractivity contribution in [3.05, 3.63) is 47.5 Å². The largest absolute Gasteiger partial charge is 0.486 e. The average molecular weight is 560 g/mol. The van der Waals surface area contributed by atoms with Crippen LogP contribution in [0, 0.1) is 5.82 Å². The Bertz CT molecular complexity index is 1260. The highest BCUT2D eigenvalue weighted by Crippen LogP contribution is 2.36. The molecule has 2 aliphatic heterocycles. The van der Waals surface area contributed by atoms with Crippen LogP contribution in [-0.4, -0.2) is 60.5 Å². The predicted octanol–water partition coefficient (Wildman–Crippen LogP) is 5.46. The second-order valence-corrected chi connectivity index (χ2v) is 10.8. The number of nitrogens with one attached hydrogen (secondary N) is 3. The molecule has 210 valence electrons. The van der Waals surface area contributed by atoms with Crippen molar-refractivity contribution in [1.29, 1.82) is 0 Å². The summed E-state index contributed by atoms with van der Waals surface area (Å²) in [5.74, 6) is 0.915. The molecule has 0 saturated carbocycles. The molecule has 1 aromatic heterocycles. The zero-order chi connectivity index (χ0) is 27.8. The molecule has 0 amide bonds. The Morgan fingerprint density at radius 2 is 1.95 bits per heavy atom. The number of carbonyl (C=O) groups excluding carboxylic acids is 1. The third kappa shape index (κ3) is 8.39. The Balaban J connectivity index is 0.000000448. The van der Waals surface area contributed by atoms with Crippen LogP contribution in [0.2, 0.25) is 5.02 Å². The first-order valence-corrected chi connectivity index (χ1v) is 13.4. The van der Waals surface area contributed by atoms with Crippen LogP contribution < -0.4 is 20.7 Å². The van der Waals surface area contributed by atoms with Crippen LogP contribution in [-0.2, 0) is 14.3 Å². The zero-order valence-corrected chi connectivity index (χ0v) is 23.2. The Labute approximate surface area is 232 Å². The number of halogens is 2. The molecule has 5 rings (SSSR count). The van der Waals surface area contributed by atoms with E-state index in [-0.39, 0.29) is 16.7 Å². The van der Waals surface area contributed by atoms with Crippen molar-refractivity contribution < 1.29 is 23.4 Å². The van der Waals surface area contributed by atoms with Crippen molar-refractivity contribution in [2.24, 2.45) is 0 Å². The summed E-state index contributed by atoms with van der Waals surface area (Å²) in [6.45, 7) is 9.20. The fourth-order valence-electron chi connectivity index (χ4n) is 4.22. The number of benzene rings is 2. The summed E-state index contributed by atoms with van der Waals surface area (Å²) < 4.78 is 29.9. The van der Waals surface area contributed by atoms with E-state index in [1.165, 1.54) is 18.5 Å². The van der Waals surface area contributed by atoms with E-state index in [1.807, 2.05) is 32.9 Å². The van der Waals surface area contributed by atoms with Gasteiger partial charge in [0.1, 0.15) is 35.4 Å². The topological polar surface area (TPSA) is 107 Å². The van der Waals surface area contributed by atoms with Crippen LogP contribution in [0.4, 0.5) is 21.6 Å². The van der Waals surface area contributed by atoms with Gasteiger partial charge in [0.15, 0.2) is 0 Å². The zero-order valence-electron chi connectivity index (χ0n) is 22.4. The van der Waals surface area contributed by atoms with Crippen LogP contribution >= 0.6 is 11.6 Å². The SMILES string of the molecule is CC(C)(C)OC=O.Fc1ccc(Nc2ncnc3cc(O[C@H]4CCOC4)c(NC4CCNCC4)cc23)cc1Cl. The molecule has 3 N–H and O–H groups in total. The lowest BCUT2D eigenvalue weighted by molar-refractivity contribution is -0.138. The molecular weight excluding hydrogens is 525 g/mol. The van der Waals surface area contributed by atoms with Crippen molar-refractivity contribution in [2.45, 2.75) is 57.8 Å².